The lowest BCUT2D eigenvalue weighted by atomic mass is 10.1. The minimum absolute atomic E-state index is 0.0516. The minimum atomic E-state index is -0.738. The van der Waals surface area contributed by atoms with Gasteiger partial charge >= 0.3 is 5.97 Å². The van der Waals surface area contributed by atoms with E-state index in [1.54, 1.807) is 0 Å². The molecule has 1 aromatic rings. The highest BCUT2D eigenvalue weighted by atomic mass is 16.4. The number of carboxylic acid groups (broad SMARTS) is 1. The van der Waals surface area contributed by atoms with Crippen LogP contribution >= 0.6 is 0 Å². The third-order valence-electron chi connectivity index (χ3n) is 4.32. The number of hydrogen-bond acceptors (Lipinski definition) is 4. The summed E-state index contributed by atoms with van der Waals surface area (Å²) in [7, 11) is 2.11. The molecule has 1 atom stereocenters. The van der Waals surface area contributed by atoms with Crippen molar-refractivity contribution >= 4 is 5.97 Å². The molecule has 0 amide bonds. The summed E-state index contributed by atoms with van der Waals surface area (Å²) >= 11 is 0. The van der Waals surface area contributed by atoms with Crippen LogP contribution in [0.5, 0.6) is 0 Å². The fourth-order valence-electron chi connectivity index (χ4n) is 2.95. The molecule has 6 heteroatoms. The van der Waals surface area contributed by atoms with Gasteiger partial charge < -0.3 is 14.6 Å². The summed E-state index contributed by atoms with van der Waals surface area (Å²) < 4.78 is 2.19. The van der Waals surface area contributed by atoms with E-state index in [0.717, 1.165) is 31.9 Å². The molecule has 0 aromatic carbocycles. The van der Waals surface area contributed by atoms with Gasteiger partial charge in [-0.25, -0.2) is 4.98 Å². The van der Waals surface area contributed by atoms with Gasteiger partial charge in [0.25, 0.3) is 0 Å². The van der Waals surface area contributed by atoms with Crippen LogP contribution in [0.1, 0.15) is 37.0 Å². The number of aliphatic carboxylic acids is 1. The normalized spacial score (nSPS) is 22.9. The third kappa shape index (κ3) is 2.86. The quantitative estimate of drug-likeness (QED) is 0.870. The van der Waals surface area contributed by atoms with Gasteiger partial charge in [0.2, 0.25) is 0 Å². The van der Waals surface area contributed by atoms with E-state index in [-0.39, 0.29) is 12.5 Å². The SMILES string of the molecule is CN1CCN(C(CC(=O)O)c2cncn2C2CC2)CC1. The van der Waals surface area contributed by atoms with Crippen molar-refractivity contribution in [2.24, 2.45) is 0 Å². The van der Waals surface area contributed by atoms with Gasteiger partial charge in [-0.15, -0.1) is 0 Å². The second-order valence-corrected chi connectivity index (χ2v) is 5.91. The Morgan fingerprint density at radius 2 is 2.10 bits per heavy atom. The first-order chi connectivity index (χ1) is 9.65. The molecule has 6 nitrogen and oxygen atoms in total. The number of nitrogens with zero attached hydrogens (tertiary/aromatic N) is 4. The van der Waals surface area contributed by atoms with E-state index >= 15 is 0 Å². The van der Waals surface area contributed by atoms with Crippen LogP contribution in [0.2, 0.25) is 0 Å². The van der Waals surface area contributed by atoms with E-state index in [1.165, 1.54) is 12.8 Å². The average molecular weight is 278 g/mol. The van der Waals surface area contributed by atoms with Gasteiger partial charge in [-0.3, -0.25) is 9.69 Å². The summed E-state index contributed by atoms with van der Waals surface area (Å²) in [5.74, 6) is -0.738. The summed E-state index contributed by atoms with van der Waals surface area (Å²) in [5, 5.41) is 9.24. The van der Waals surface area contributed by atoms with Crippen LogP contribution in [0.4, 0.5) is 0 Å². The Bertz CT molecular complexity index is 475. The topological polar surface area (TPSA) is 61.6 Å². The standard InChI is InChI=1S/C14H22N4O2/c1-16-4-6-17(7-5-16)12(8-14(19)20)13-9-15-10-18(13)11-2-3-11/h9-12H,2-8H2,1H3,(H,19,20). The van der Waals surface area contributed by atoms with Crippen molar-refractivity contribution < 1.29 is 9.90 Å². The number of carbonyl (C=O) groups is 1. The van der Waals surface area contributed by atoms with E-state index in [1.807, 2.05) is 12.5 Å². The first kappa shape index (κ1) is 13.6. The van der Waals surface area contributed by atoms with E-state index < -0.39 is 5.97 Å². The molecule has 2 aliphatic rings. The first-order valence-corrected chi connectivity index (χ1v) is 7.31. The highest BCUT2D eigenvalue weighted by Gasteiger charge is 2.32. The first-order valence-electron chi connectivity index (χ1n) is 7.31. The molecule has 1 aromatic heterocycles. The van der Waals surface area contributed by atoms with Gasteiger partial charge in [-0.1, -0.05) is 0 Å². The molecule has 1 aliphatic heterocycles. The van der Waals surface area contributed by atoms with Crippen molar-refractivity contribution in [3.8, 4) is 0 Å². The molecule has 0 bridgehead atoms. The van der Waals surface area contributed by atoms with Crippen LogP contribution < -0.4 is 0 Å². The zero-order valence-corrected chi connectivity index (χ0v) is 11.9. The predicted molar refractivity (Wildman–Crippen MR) is 74.6 cm³/mol. The lowest BCUT2D eigenvalue weighted by Gasteiger charge is -2.37. The van der Waals surface area contributed by atoms with E-state index in [9.17, 15) is 9.90 Å². The number of likely N-dealkylation sites (N-methyl/N-ethyl adjacent to an activating group) is 1. The summed E-state index contributed by atoms with van der Waals surface area (Å²) in [6.45, 7) is 3.83. The van der Waals surface area contributed by atoms with Gasteiger partial charge in [-0.05, 0) is 19.9 Å². The Balaban J connectivity index is 1.81. The molecule has 3 rings (SSSR count). The zero-order valence-electron chi connectivity index (χ0n) is 11.9. The molecule has 0 radical (unpaired) electrons. The fraction of sp³-hybridized carbons (Fsp3) is 0.714. The maximum atomic E-state index is 11.2. The van der Waals surface area contributed by atoms with Crippen molar-refractivity contribution in [1.29, 1.82) is 0 Å². The van der Waals surface area contributed by atoms with Crippen LogP contribution in [0.15, 0.2) is 12.5 Å². The molecular formula is C14H22N4O2. The molecule has 110 valence electrons. The molecule has 0 spiro atoms. The van der Waals surface area contributed by atoms with Gasteiger partial charge in [0.15, 0.2) is 0 Å². The van der Waals surface area contributed by atoms with Crippen LogP contribution in [0.3, 0.4) is 0 Å². The van der Waals surface area contributed by atoms with Crippen molar-refractivity contribution in [3.63, 3.8) is 0 Å². The number of rotatable bonds is 5. The molecule has 1 unspecified atom stereocenters. The number of carboxylic acids is 1. The van der Waals surface area contributed by atoms with E-state index in [0.29, 0.717) is 6.04 Å². The Morgan fingerprint density at radius 1 is 1.40 bits per heavy atom. The summed E-state index contributed by atoms with van der Waals surface area (Å²) in [6, 6.07) is 0.487. The molecular weight excluding hydrogens is 256 g/mol. The van der Waals surface area contributed by atoms with E-state index in [4.69, 9.17) is 0 Å². The van der Waals surface area contributed by atoms with Gasteiger partial charge in [-0.2, -0.15) is 0 Å². The summed E-state index contributed by atoms with van der Waals surface area (Å²) in [4.78, 5) is 20.1. The average Bonchev–Trinajstić information content (AvgIpc) is 3.15. The second kappa shape index (κ2) is 5.54. The number of piperazine rings is 1. The number of imidazole rings is 1. The van der Waals surface area contributed by atoms with Crippen molar-refractivity contribution in [2.75, 3.05) is 33.2 Å². The maximum Gasteiger partial charge on any atom is 0.305 e. The largest absolute Gasteiger partial charge is 0.481 e. The van der Waals surface area contributed by atoms with Crippen LogP contribution in [0, 0.1) is 0 Å². The highest BCUT2D eigenvalue weighted by molar-refractivity contribution is 5.67. The zero-order chi connectivity index (χ0) is 14.1. The van der Waals surface area contributed by atoms with Gasteiger partial charge in [0.05, 0.1) is 24.5 Å². The monoisotopic (exact) mass is 278 g/mol. The van der Waals surface area contributed by atoms with E-state index in [2.05, 4.69) is 26.4 Å². The minimum Gasteiger partial charge on any atom is -0.481 e. The van der Waals surface area contributed by atoms with Gasteiger partial charge in [0, 0.05) is 38.4 Å². The molecule has 2 heterocycles. The molecule has 20 heavy (non-hydrogen) atoms. The maximum absolute atomic E-state index is 11.2. The smallest absolute Gasteiger partial charge is 0.305 e. The lowest BCUT2D eigenvalue weighted by Crippen LogP contribution is -2.46. The Hall–Kier alpha value is -1.40. The van der Waals surface area contributed by atoms with Crippen LogP contribution in [0.25, 0.3) is 0 Å². The van der Waals surface area contributed by atoms with Crippen LogP contribution in [-0.4, -0.2) is 63.7 Å². The molecule has 1 saturated carbocycles. The van der Waals surface area contributed by atoms with Crippen molar-refractivity contribution in [1.82, 2.24) is 19.4 Å². The fourth-order valence-corrected chi connectivity index (χ4v) is 2.95. The van der Waals surface area contributed by atoms with Crippen LogP contribution in [-0.2, 0) is 4.79 Å². The number of hydrogen-bond donors (Lipinski definition) is 1. The van der Waals surface area contributed by atoms with Crippen molar-refractivity contribution in [3.05, 3.63) is 18.2 Å². The molecule has 1 saturated heterocycles. The lowest BCUT2D eigenvalue weighted by molar-refractivity contribution is -0.138. The second-order valence-electron chi connectivity index (χ2n) is 5.91. The third-order valence-corrected chi connectivity index (χ3v) is 4.32. The molecule has 1 N–H and O–H groups in total. The summed E-state index contributed by atoms with van der Waals surface area (Å²) in [6.07, 6.45) is 6.24. The Labute approximate surface area is 119 Å². The van der Waals surface area contributed by atoms with Gasteiger partial charge in [0.1, 0.15) is 0 Å². The summed E-state index contributed by atoms with van der Waals surface area (Å²) in [5.41, 5.74) is 1.07. The molecule has 1 aliphatic carbocycles. The Kier molecular flexibility index (Phi) is 3.76. The molecule has 2 fully saturated rings. The van der Waals surface area contributed by atoms with Crippen molar-refractivity contribution in [2.45, 2.75) is 31.3 Å². The predicted octanol–water partition coefficient (Wildman–Crippen LogP) is 0.981. The number of aromatic nitrogens is 2. The Morgan fingerprint density at radius 3 is 2.70 bits per heavy atom. The highest BCUT2D eigenvalue weighted by Crippen LogP contribution is 2.38.